The number of rotatable bonds is 0. The Morgan fingerprint density at radius 1 is 1.43 bits per heavy atom. The lowest BCUT2D eigenvalue weighted by Crippen LogP contribution is -1.61. The van der Waals surface area contributed by atoms with Gasteiger partial charge in [0, 0.05) is 0 Å². The van der Waals surface area contributed by atoms with Gasteiger partial charge in [0.2, 0.25) is 0 Å². The zero-order valence-corrected chi connectivity index (χ0v) is 3.48. The fourth-order valence-corrected chi connectivity index (χ4v) is 0.209. The maximum Gasteiger partial charge on any atom is 0.0712 e. The molecular weight excluding hydrogens is 94.1 g/mol. The molecule has 4 heteroatoms. The maximum atomic E-state index is 4.16. The van der Waals surface area contributed by atoms with Crippen molar-refractivity contribution in [2.45, 2.75) is 0 Å². The molecule has 0 spiro atoms. The summed E-state index contributed by atoms with van der Waals surface area (Å²) in [5.41, 5.74) is 0. The molecule has 0 saturated carbocycles. The van der Waals surface area contributed by atoms with Crippen molar-refractivity contribution in [2.24, 2.45) is 15.5 Å². The van der Waals surface area contributed by atoms with E-state index in [1.807, 2.05) is 0 Å². The van der Waals surface area contributed by atoms with Crippen molar-refractivity contribution in [2.75, 3.05) is 0 Å². The first kappa shape index (κ1) is 3.98. The molecule has 0 N–H and O–H groups in total. The van der Waals surface area contributed by atoms with E-state index in [0.717, 1.165) is 0 Å². The standard InChI is InChI=1S/C3H3N3O/c1-2-4-6-7-5-3-1/h1-3H. The van der Waals surface area contributed by atoms with Gasteiger partial charge in [-0.05, 0) is 6.08 Å². The van der Waals surface area contributed by atoms with Crippen molar-refractivity contribution in [3.8, 4) is 0 Å². The van der Waals surface area contributed by atoms with Crippen molar-refractivity contribution < 1.29 is 4.94 Å². The van der Waals surface area contributed by atoms with Gasteiger partial charge in [0.15, 0.2) is 0 Å². The van der Waals surface area contributed by atoms with Crippen LogP contribution in [0.2, 0.25) is 0 Å². The van der Waals surface area contributed by atoms with Crippen LogP contribution in [0.25, 0.3) is 0 Å². The van der Waals surface area contributed by atoms with E-state index in [9.17, 15) is 0 Å². The second-order valence-electron chi connectivity index (χ2n) is 0.875. The van der Waals surface area contributed by atoms with Crippen LogP contribution < -0.4 is 0 Å². The Balaban J connectivity index is 2.60. The van der Waals surface area contributed by atoms with E-state index in [1.165, 1.54) is 12.4 Å². The lowest BCUT2D eigenvalue weighted by molar-refractivity contribution is 0.138. The summed E-state index contributed by atoms with van der Waals surface area (Å²) in [6.07, 6.45) is 4.56. The molecule has 0 bridgehead atoms. The highest BCUT2D eigenvalue weighted by molar-refractivity contribution is 5.70. The Kier molecular flexibility index (Phi) is 1.18. The number of oxime groups is 1. The molecule has 1 aliphatic heterocycles. The molecule has 0 unspecified atom stereocenters. The topological polar surface area (TPSA) is 46.3 Å². The summed E-state index contributed by atoms with van der Waals surface area (Å²) in [5.74, 6) is 0. The molecule has 0 aromatic carbocycles. The zero-order chi connectivity index (χ0) is 4.95. The van der Waals surface area contributed by atoms with E-state index in [2.05, 4.69) is 20.5 Å². The normalized spacial score (nSPS) is 16.0. The first-order valence-electron chi connectivity index (χ1n) is 1.75. The third kappa shape index (κ3) is 1.13. The van der Waals surface area contributed by atoms with E-state index in [0.29, 0.717) is 0 Å². The smallest absolute Gasteiger partial charge is 0.0712 e. The SMILES string of the molecule is C1=CN=NON=C1. The van der Waals surface area contributed by atoms with Gasteiger partial charge in [-0.3, -0.25) is 0 Å². The molecule has 0 atom stereocenters. The molecule has 0 aromatic rings. The molecule has 0 radical (unpaired) electrons. The van der Waals surface area contributed by atoms with Crippen LogP contribution in [0.1, 0.15) is 0 Å². The lowest BCUT2D eigenvalue weighted by atomic mass is 10.7. The molecule has 0 saturated heterocycles. The largest absolute Gasteiger partial charge is 0.224 e. The number of allylic oxidation sites excluding steroid dienone is 1. The van der Waals surface area contributed by atoms with Gasteiger partial charge in [-0.15, -0.1) is 5.11 Å². The summed E-state index contributed by atoms with van der Waals surface area (Å²) in [6, 6.07) is 0. The van der Waals surface area contributed by atoms with Crippen LogP contribution in [-0.4, -0.2) is 6.21 Å². The molecule has 0 aromatic heterocycles. The molecule has 1 rings (SSSR count). The molecule has 1 heterocycles. The predicted octanol–water partition coefficient (Wildman–Crippen LogP) is 0.883. The highest BCUT2D eigenvalue weighted by Gasteiger charge is 1.72. The Morgan fingerprint density at radius 2 is 2.43 bits per heavy atom. The number of hydrogen-bond donors (Lipinski definition) is 0. The minimum absolute atomic E-state index is 1.46. The first-order valence-corrected chi connectivity index (χ1v) is 1.75. The van der Waals surface area contributed by atoms with Crippen LogP contribution in [0.3, 0.4) is 0 Å². The average Bonchev–Trinajstić information content (AvgIpc) is 1.90. The Labute approximate surface area is 40.1 Å². The first-order chi connectivity index (χ1) is 3.50. The summed E-state index contributed by atoms with van der Waals surface area (Å²) in [7, 11) is 0. The summed E-state index contributed by atoms with van der Waals surface area (Å²) < 4.78 is 0. The van der Waals surface area contributed by atoms with Gasteiger partial charge in [0.25, 0.3) is 0 Å². The third-order valence-electron chi connectivity index (χ3n) is 0.430. The fourth-order valence-electron chi connectivity index (χ4n) is 0.209. The molecule has 4 nitrogen and oxygen atoms in total. The van der Waals surface area contributed by atoms with Crippen LogP contribution in [0.15, 0.2) is 27.8 Å². The fraction of sp³-hybridized carbons (Fsp3) is 0. The van der Waals surface area contributed by atoms with Gasteiger partial charge in [-0.2, -0.15) is 0 Å². The summed E-state index contributed by atoms with van der Waals surface area (Å²) in [6.45, 7) is 0. The van der Waals surface area contributed by atoms with Gasteiger partial charge in [0.1, 0.15) is 0 Å². The van der Waals surface area contributed by atoms with Crippen LogP contribution >= 0.6 is 0 Å². The van der Waals surface area contributed by atoms with Gasteiger partial charge < -0.3 is 0 Å². The maximum absolute atomic E-state index is 4.16. The third-order valence-corrected chi connectivity index (χ3v) is 0.430. The molecule has 7 heavy (non-hydrogen) atoms. The Bertz CT molecular complexity index is 112. The van der Waals surface area contributed by atoms with Crippen molar-refractivity contribution in [3.63, 3.8) is 0 Å². The monoisotopic (exact) mass is 97.0 g/mol. The Morgan fingerprint density at radius 3 is 3.43 bits per heavy atom. The quantitative estimate of drug-likeness (QED) is 0.442. The van der Waals surface area contributed by atoms with Crippen LogP contribution in [0, 0.1) is 0 Å². The lowest BCUT2D eigenvalue weighted by Gasteiger charge is -1.72. The molecular formula is C3H3N3O. The van der Waals surface area contributed by atoms with Crippen LogP contribution in [0.5, 0.6) is 0 Å². The highest BCUT2D eigenvalue weighted by Crippen LogP contribution is 1.84. The molecule has 0 amide bonds. The van der Waals surface area contributed by atoms with Crippen LogP contribution in [-0.2, 0) is 4.94 Å². The van der Waals surface area contributed by atoms with Gasteiger partial charge >= 0.3 is 0 Å². The summed E-state index contributed by atoms with van der Waals surface area (Å²) >= 11 is 0. The van der Waals surface area contributed by atoms with Gasteiger partial charge in [-0.1, -0.05) is 5.16 Å². The van der Waals surface area contributed by atoms with E-state index < -0.39 is 0 Å². The molecule has 0 aliphatic carbocycles. The Hall–Kier alpha value is -1.19. The second kappa shape index (κ2) is 2.07. The van der Waals surface area contributed by atoms with Crippen molar-refractivity contribution in [1.82, 2.24) is 0 Å². The van der Waals surface area contributed by atoms with Crippen molar-refractivity contribution in [3.05, 3.63) is 12.3 Å². The average molecular weight is 97.1 g/mol. The zero-order valence-electron chi connectivity index (χ0n) is 3.48. The summed E-state index contributed by atoms with van der Waals surface area (Å²) in [5, 5.41) is 9.78. The van der Waals surface area contributed by atoms with E-state index in [1.54, 1.807) is 6.08 Å². The van der Waals surface area contributed by atoms with Gasteiger partial charge in [0.05, 0.1) is 17.7 Å². The molecule has 1 aliphatic rings. The van der Waals surface area contributed by atoms with E-state index in [-0.39, 0.29) is 0 Å². The van der Waals surface area contributed by atoms with Crippen molar-refractivity contribution in [1.29, 1.82) is 0 Å². The van der Waals surface area contributed by atoms with E-state index in [4.69, 9.17) is 0 Å². The molecule has 0 fully saturated rings. The highest BCUT2D eigenvalue weighted by atomic mass is 16.8. The second-order valence-corrected chi connectivity index (χ2v) is 0.875. The van der Waals surface area contributed by atoms with E-state index >= 15 is 0 Å². The van der Waals surface area contributed by atoms with Crippen molar-refractivity contribution >= 4 is 6.21 Å². The number of nitrogens with zero attached hydrogens (tertiary/aromatic N) is 3. The minimum atomic E-state index is 1.46. The van der Waals surface area contributed by atoms with Crippen LogP contribution in [0.4, 0.5) is 0 Å². The predicted molar refractivity (Wildman–Crippen MR) is 23.6 cm³/mol. The number of hydrogen-bond acceptors (Lipinski definition) is 4. The minimum Gasteiger partial charge on any atom is -0.224 e. The summed E-state index contributed by atoms with van der Waals surface area (Å²) in [4.78, 5) is 4.16. The molecule has 36 valence electrons. The van der Waals surface area contributed by atoms with Gasteiger partial charge in [-0.25, -0.2) is 4.94 Å².